The smallest absolute Gasteiger partial charge is 0.163 e. The molecule has 1 aliphatic heterocycles. The van der Waals surface area contributed by atoms with Gasteiger partial charge in [0.25, 0.3) is 0 Å². The van der Waals surface area contributed by atoms with E-state index >= 15 is 0 Å². The zero-order chi connectivity index (χ0) is 16.9. The van der Waals surface area contributed by atoms with E-state index in [4.69, 9.17) is 0 Å². The lowest BCUT2D eigenvalue weighted by molar-refractivity contribution is -0.0124. The van der Waals surface area contributed by atoms with Crippen LogP contribution in [0.5, 0.6) is 0 Å². The number of benzene rings is 1. The molecular weight excluding hydrogens is 316 g/mol. The molecule has 2 aromatic heterocycles. The minimum absolute atomic E-state index is 0.0611. The van der Waals surface area contributed by atoms with Gasteiger partial charge in [0.15, 0.2) is 11.6 Å². The van der Waals surface area contributed by atoms with Gasteiger partial charge in [-0.2, -0.15) is 5.10 Å². The number of aromatic nitrogens is 5. The predicted molar refractivity (Wildman–Crippen MR) is 79.7 cm³/mol. The second-order valence-corrected chi connectivity index (χ2v) is 5.83. The van der Waals surface area contributed by atoms with Crippen molar-refractivity contribution in [3.8, 4) is 11.4 Å². The number of hydrogen-bond acceptors (Lipinski definition) is 5. The molecule has 6 nitrogen and oxygen atoms in total. The molecule has 0 bridgehead atoms. The maximum absolute atomic E-state index is 14.1. The van der Waals surface area contributed by atoms with Crippen molar-refractivity contribution in [1.82, 2.24) is 24.7 Å². The lowest BCUT2D eigenvalue weighted by Crippen LogP contribution is -2.41. The molecule has 3 heterocycles. The highest BCUT2D eigenvalue weighted by atomic mass is 19.1. The Morgan fingerprint density at radius 2 is 2.08 bits per heavy atom. The molecule has 4 rings (SSSR count). The first-order valence-corrected chi connectivity index (χ1v) is 7.36. The SMILES string of the molecule is CC(c1ncncc1F)C1(O)Cn2ncnc2-c2cc(F)ccc21. The molecule has 2 unspecified atom stereocenters. The highest BCUT2D eigenvalue weighted by Gasteiger charge is 2.44. The van der Waals surface area contributed by atoms with E-state index in [2.05, 4.69) is 20.1 Å². The van der Waals surface area contributed by atoms with E-state index in [1.807, 2.05) is 0 Å². The summed E-state index contributed by atoms with van der Waals surface area (Å²) in [5.41, 5.74) is -0.525. The Morgan fingerprint density at radius 3 is 2.88 bits per heavy atom. The summed E-state index contributed by atoms with van der Waals surface area (Å²) < 4.78 is 29.3. The fourth-order valence-corrected chi connectivity index (χ4v) is 3.22. The van der Waals surface area contributed by atoms with Gasteiger partial charge in [0, 0.05) is 11.5 Å². The van der Waals surface area contributed by atoms with Crippen LogP contribution in [0.2, 0.25) is 0 Å². The van der Waals surface area contributed by atoms with Gasteiger partial charge >= 0.3 is 0 Å². The minimum atomic E-state index is -1.51. The molecule has 8 heteroatoms. The van der Waals surface area contributed by atoms with Crippen LogP contribution >= 0.6 is 0 Å². The van der Waals surface area contributed by atoms with E-state index in [0.29, 0.717) is 17.0 Å². The summed E-state index contributed by atoms with van der Waals surface area (Å²) in [4.78, 5) is 11.7. The molecule has 3 aromatic rings. The van der Waals surface area contributed by atoms with Gasteiger partial charge in [-0.05, 0) is 17.7 Å². The van der Waals surface area contributed by atoms with Crippen molar-refractivity contribution >= 4 is 0 Å². The van der Waals surface area contributed by atoms with Crippen molar-refractivity contribution in [2.24, 2.45) is 0 Å². The molecule has 0 saturated heterocycles. The van der Waals surface area contributed by atoms with Crippen LogP contribution in [0.4, 0.5) is 8.78 Å². The Kier molecular flexibility index (Phi) is 3.17. The molecule has 1 N–H and O–H groups in total. The molecule has 24 heavy (non-hydrogen) atoms. The molecule has 0 radical (unpaired) electrons. The molecule has 0 spiro atoms. The van der Waals surface area contributed by atoms with Gasteiger partial charge < -0.3 is 5.11 Å². The molecular formula is C16H13F2N5O. The van der Waals surface area contributed by atoms with Crippen LogP contribution in [0, 0.1) is 11.6 Å². The van der Waals surface area contributed by atoms with Crippen molar-refractivity contribution in [2.75, 3.05) is 0 Å². The largest absolute Gasteiger partial charge is 0.382 e. The van der Waals surface area contributed by atoms with Gasteiger partial charge in [0.2, 0.25) is 0 Å². The topological polar surface area (TPSA) is 76.7 Å². The summed E-state index contributed by atoms with van der Waals surface area (Å²) in [5, 5.41) is 15.5. The van der Waals surface area contributed by atoms with Crippen LogP contribution in [0.1, 0.15) is 24.1 Å². The van der Waals surface area contributed by atoms with Crippen LogP contribution < -0.4 is 0 Å². The first-order chi connectivity index (χ1) is 11.5. The van der Waals surface area contributed by atoms with E-state index in [0.717, 1.165) is 6.20 Å². The second kappa shape index (κ2) is 5.13. The number of fused-ring (bicyclic) bond motifs is 3. The fraction of sp³-hybridized carbons (Fsp3) is 0.250. The molecule has 1 aliphatic rings. The van der Waals surface area contributed by atoms with Gasteiger partial charge in [0.1, 0.15) is 24.1 Å². The number of nitrogens with zero attached hydrogens (tertiary/aromatic N) is 5. The Morgan fingerprint density at radius 1 is 1.25 bits per heavy atom. The Bertz CT molecular complexity index is 928. The first-order valence-electron chi connectivity index (χ1n) is 7.36. The minimum Gasteiger partial charge on any atom is -0.382 e. The summed E-state index contributed by atoms with van der Waals surface area (Å²) in [7, 11) is 0. The van der Waals surface area contributed by atoms with Crippen LogP contribution in [-0.4, -0.2) is 29.8 Å². The van der Waals surface area contributed by atoms with Crippen molar-refractivity contribution in [2.45, 2.75) is 25.0 Å². The van der Waals surface area contributed by atoms with Crippen molar-refractivity contribution in [3.05, 3.63) is 59.9 Å². The summed E-state index contributed by atoms with van der Waals surface area (Å²) in [6.07, 6.45) is 3.62. The first kappa shape index (κ1) is 14.8. The molecule has 122 valence electrons. The highest BCUT2D eigenvalue weighted by Crippen LogP contribution is 2.45. The summed E-state index contributed by atoms with van der Waals surface area (Å²) in [5.74, 6) is -1.30. The van der Waals surface area contributed by atoms with Crippen molar-refractivity contribution in [1.29, 1.82) is 0 Å². The standard InChI is InChI=1S/C16H13F2N5O/c1-9(14-13(18)5-19-7-20-14)16(24)6-23-15(21-8-22-23)11-4-10(17)2-3-12(11)16/h2-5,7-9,24H,6H2,1H3. The number of rotatable bonds is 2. The molecule has 0 aliphatic carbocycles. The average Bonchev–Trinajstić information content (AvgIpc) is 3.02. The summed E-state index contributed by atoms with van der Waals surface area (Å²) in [6, 6.07) is 4.06. The van der Waals surface area contributed by atoms with Gasteiger partial charge in [-0.3, -0.25) is 0 Å². The molecule has 0 fully saturated rings. The quantitative estimate of drug-likeness (QED) is 0.778. The van der Waals surface area contributed by atoms with Crippen molar-refractivity contribution in [3.63, 3.8) is 0 Å². The maximum Gasteiger partial charge on any atom is 0.163 e. The third-order valence-corrected chi connectivity index (χ3v) is 4.52. The number of hydrogen-bond donors (Lipinski definition) is 1. The lowest BCUT2D eigenvalue weighted by Gasteiger charge is -2.38. The van der Waals surface area contributed by atoms with E-state index < -0.39 is 23.2 Å². The predicted octanol–water partition coefficient (Wildman–Crippen LogP) is 2.02. The van der Waals surface area contributed by atoms with E-state index in [1.165, 1.54) is 35.5 Å². The number of aliphatic hydroxyl groups is 1. The summed E-state index contributed by atoms with van der Waals surface area (Å²) >= 11 is 0. The van der Waals surface area contributed by atoms with E-state index in [1.54, 1.807) is 6.92 Å². The van der Waals surface area contributed by atoms with Gasteiger partial charge in [-0.25, -0.2) is 28.4 Å². The maximum atomic E-state index is 14.1. The molecule has 1 aromatic carbocycles. The van der Waals surface area contributed by atoms with E-state index in [-0.39, 0.29) is 12.2 Å². The van der Waals surface area contributed by atoms with Crippen molar-refractivity contribution < 1.29 is 13.9 Å². The normalized spacial score (nSPS) is 20.3. The highest BCUT2D eigenvalue weighted by molar-refractivity contribution is 5.64. The third-order valence-electron chi connectivity index (χ3n) is 4.52. The average molecular weight is 329 g/mol. The third kappa shape index (κ3) is 2.03. The molecule has 0 amide bonds. The number of halogens is 2. The van der Waals surface area contributed by atoms with Gasteiger partial charge in [-0.15, -0.1) is 0 Å². The Labute approximate surface area is 135 Å². The Balaban J connectivity index is 1.92. The van der Waals surface area contributed by atoms with Crippen LogP contribution in [0.3, 0.4) is 0 Å². The summed E-state index contributed by atoms with van der Waals surface area (Å²) in [6.45, 7) is 1.73. The lowest BCUT2D eigenvalue weighted by atomic mass is 9.76. The second-order valence-electron chi connectivity index (χ2n) is 5.83. The van der Waals surface area contributed by atoms with Crippen LogP contribution in [0.15, 0.2) is 37.1 Å². The van der Waals surface area contributed by atoms with E-state index in [9.17, 15) is 13.9 Å². The van der Waals surface area contributed by atoms with Gasteiger partial charge in [-0.1, -0.05) is 13.0 Å². The van der Waals surface area contributed by atoms with Crippen LogP contribution in [0.25, 0.3) is 11.4 Å². The zero-order valence-electron chi connectivity index (χ0n) is 12.7. The Hall–Kier alpha value is -2.74. The van der Waals surface area contributed by atoms with Gasteiger partial charge in [0.05, 0.1) is 18.4 Å². The monoisotopic (exact) mass is 329 g/mol. The molecule has 0 saturated carbocycles. The van der Waals surface area contributed by atoms with Crippen LogP contribution in [-0.2, 0) is 12.1 Å². The molecule has 2 atom stereocenters. The zero-order valence-corrected chi connectivity index (χ0v) is 12.7. The fourth-order valence-electron chi connectivity index (χ4n) is 3.22.